The zero-order valence-corrected chi connectivity index (χ0v) is 14.1. The highest BCUT2D eigenvalue weighted by Crippen LogP contribution is 2.22. The Morgan fingerprint density at radius 2 is 2.12 bits per heavy atom. The topological polar surface area (TPSA) is 60.0 Å². The maximum Gasteiger partial charge on any atom is 0.410 e. The number of methoxy groups -OCH3 is 1. The molecule has 0 radical (unpaired) electrons. The number of carbonyl (C=O) groups excluding carboxylic acids is 1. The largest absolute Gasteiger partial charge is 0.445 e. The minimum atomic E-state index is -0.268. The van der Waals surface area contributed by atoms with Gasteiger partial charge in [-0.25, -0.2) is 4.79 Å². The van der Waals surface area contributed by atoms with Crippen molar-refractivity contribution in [2.75, 3.05) is 33.4 Å². The average Bonchev–Trinajstić information content (AvgIpc) is 2.60. The first-order valence-electron chi connectivity index (χ1n) is 8.58. The van der Waals surface area contributed by atoms with Crippen molar-refractivity contribution >= 4 is 6.09 Å². The Morgan fingerprint density at radius 3 is 2.88 bits per heavy atom. The van der Waals surface area contributed by atoms with Gasteiger partial charge in [0.25, 0.3) is 0 Å². The summed E-state index contributed by atoms with van der Waals surface area (Å²) in [4.78, 5) is 13.9. The molecular formula is C18H26N2O4. The predicted octanol–water partition coefficient (Wildman–Crippen LogP) is 1.79. The molecule has 2 fully saturated rings. The fraction of sp³-hybridized carbons (Fsp3) is 0.611. The predicted molar refractivity (Wildman–Crippen MR) is 89.8 cm³/mol. The summed E-state index contributed by atoms with van der Waals surface area (Å²) in [6.45, 7) is 2.77. The maximum absolute atomic E-state index is 12.2. The van der Waals surface area contributed by atoms with Crippen molar-refractivity contribution < 1.29 is 19.0 Å². The minimum Gasteiger partial charge on any atom is -0.445 e. The quantitative estimate of drug-likeness (QED) is 0.859. The first kappa shape index (κ1) is 17.2. The maximum atomic E-state index is 12.2. The molecule has 3 rings (SSSR count). The van der Waals surface area contributed by atoms with E-state index in [-0.39, 0.29) is 12.2 Å². The fourth-order valence-electron chi connectivity index (χ4n) is 3.04. The molecule has 1 saturated carbocycles. The number of nitrogens with one attached hydrogen (secondary N) is 1. The van der Waals surface area contributed by atoms with Gasteiger partial charge in [0, 0.05) is 26.2 Å². The van der Waals surface area contributed by atoms with Crippen LogP contribution in [0.4, 0.5) is 4.79 Å². The van der Waals surface area contributed by atoms with Gasteiger partial charge in [0.1, 0.15) is 6.61 Å². The number of hydrogen-bond donors (Lipinski definition) is 1. The first-order chi connectivity index (χ1) is 11.7. The van der Waals surface area contributed by atoms with Gasteiger partial charge >= 0.3 is 6.09 Å². The van der Waals surface area contributed by atoms with E-state index in [9.17, 15) is 4.79 Å². The lowest BCUT2D eigenvalue weighted by atomic mass is 9.89. The SMILES string of the molecule is COC1CC(NCC2CN(C(=O)OCc3ccccc3)CCO2)C1. The van der Waals surface area contributed by atoms with Crippen LogP contribution in [0.25, 0.3) is 0 Å². The molecule has 1 unspecified atom stereocenters. The molecular weight excluding hydrogens is 308 g/mol. The number of nitrogens with zero attached hydrogens (tertiary/aromatic N) is 1. The molecule has 132 valence electrons. The second kappa shape index (κ2) is 8.46. The van der Waals surface area contributed by atoms with E-state index in [2.05, 4.69) is 5.32 Å². The third-order valence-corrected chi connectivity index (χ3v) is 4.66. The second-order valence-corrected chi connectivity index (χ2v) is 6.41. The van der Waals surface area contributed by atoms with Gasteiger partial charge in [-0.15, -0.1) is 0 Å². The smallest absolute Gasteiger partial charge is 0.410 e. The Hall–Kier alpha value is -1.63. The fourth-order valence-corrected chi connectivity index (χ4v) is 3.04. The Balaban J connectivity index is 1.37. The van der Waals surface area contributed by atoms with Crippen LogP contribution < -0.4 is 5.32 Å². The number of amides is 1. The number of morpholine rings is 1. The molecule has 6 nitrogen and oxygen atoms in total. The van der Waals surface area contributed by atoms with E-state index in [1.54, 1.807) is 12.0 Å². The van der Waals surface area contributed by atoms with Gasteiger partial charge in [-0.1, -0.05) is 30.3 Å². The van der Waals surface area contributed by atoms with Gasteiger partial charge in [-0.2, -0.15) is 0 Å². The molecule has 1 heterocycles. The van der Waals surface area contributed by atoms with E-state index in [1.165, 1.54) is 0 Å². The van der Waals surface area contributed by atoms with E-state index in [0.717, 1.165) is 24.9 Å². The number of rotatable bonds is 6. The van der Waals surface area contributed by atoms with Crippen LogP contribution in [0.3, 0.4) is 0 Å². The zero-order chi connectivity index (χ0) is 16.8. The third-order valence-electron chi connectivity index (χ3n) is 4.66. The van der Waals surface area contributed by atoms with Crippen LogP contribution in [0.5, 0.6) is 0 Å². The molecule has 2 aliphatic rings. The number of ether oxygens (including phenoxy) is 3. The Kier molecular flexibility index (Phi) is 6.07. The van der Waals surface area contributed by atoms with Crippen molar-refractivity contribution in [2.45, 2.75) is 37.7 Å². The molecule has 0 spiro atoms. The van der Waals surface area contributed by atoms with Gasteiger partial charge in [-0.05, 0) is 18.4 Å². The molecule has 1 N–H and O–H groups in total. The summed E-state index contributed by atoms with van der Waals surface area (Å²) >= 11 is 0. The van der Waals surface area contributed by atoms with Crippen molar-refractivity contribution in [1.29, 1.82) is 0 Å². The zero-order valence-electron chi connectivity index (χ0n) is 14.1. The molecule has 1 aliphatic heterocycles. The van der Waals surface area contributed by atoms with Crippen LogP contribution in [0.2, 0.25) is 0 Å². The van der Waals surface area contributed by atoms with E-state index < -0.39 is 0 Å². The number of carbonyl (C=O) groups is 1. The highest BCUT2D eigenvalue weighted by atomic mass is 16.6. The molecule has 1 atom stereocenters. The molecule has 0 aromatic heterocycles. The van der Waals surface area contributed by atoms with E-state index in [0.29, 0.717) is 38.4 Å². The van der Waals surface area contributed by atoms with Gasteiger partial charge in [0.05, 0.1) is 25.4 Å². The van der Waals surface area contributed by atoms with Crippen molar-refractivity contribution in [1.82, 2.24) is 10.2 Å². The van der Waals surface area contributed by atoms with Crippen molar-refractivity contribution in [2.24, 2.45) is 0 Å². The monoisotopic (exact) mass is 334 g/mol. The molecule has 1 aromatic rings. The molecule has 1 aromatic carbocycles. The summed E-state index contributed by atoms with van der Waals surface area (Å²) < 4.78 is 16.4. The highest BCUT2D eigenvalue weighted by molar-refractivity contribution is 5.67. The van der Waals surface area contributed by atoms with Crippen LogP contribution in [-0.4, -0.2) is 62.6 Å². The molecule has 6 heteroatoms. The Bertz CT molecular complexity index is 519. The summed E-state index contributed by atoms with van der Waals surface area (Å²) in [5, 5.41) is 3.49. The van der Waals surface area contributed by atoms with Gasteiger partial charge in [-0.3, -0.25) is 0 Å². The van der Waals surface area contributed by atoms with Gasteiger partial charge in [0.15, 0.2) is 0 Å². The van der Waals surface area contributed by atoms with Gasteiger partial charge in [0.2, 0.25) is 0 Å². The normalized spacial score (nSPS) is 26.7. The lowest BCUT2D eigenvalue weighted by Crippen LogP contribution is -2.52. The average molecular weight is 334 g/mol. The van der Waals surface area contributed by atoms with E-state index in [1.807, 2.05) is 30.3 Å². The van der Waals surface area contributed by atoms with Crippen LogP contribution in [0.15, 0.2) is 30.3 Å². The summed E-state index contributed by atoms with van der Waals surface area (Å²) in [6, 6.07) is 10.2. The second-order valence-electron chi connectivity index (χ2n) is 6.41. The van der Waals surface area contributed by atoms with Gasteiger partial charge < -0.3 is 24.4 Å². The lowest BCUT2D eigenvalue weighted by molar-refractivity contribution is -0.0344. The molecule has 24 heavy (non-hydrogen) atoms. The molecule has 1 aliphatic carbocycles. The molecule has 1 saturated heterocycles. The summed E-state index contributed by atoms with van der Waals surface area (Å²) in [5.74, 6) is 0. The Labute approximate surface area is 143 Å². The summed E-state index contributed by atoms with van der Waals surface area (Å²) in [6.07, 6.45) is 2.23. The van der Waals surface area contributed by atoms with Crippen molar-refractivity contribution in [3.05, 3.63) is 35.9 Å². The molecule has 0 bridgehead atoms. The number of hydrogen-bond acceptors (Lipinski definition) is 5. The van der Waals surface area contributed by atoms with Crippen LogP contribution in [0, 0.1) is 0 Å². The Morgan fingerprint density at radius 1 is 1.33 bits per heavy atom. The van der Waals surface area contributed by atoms with E-state index in [4.69, 9.17) is 14.2 Å². The van der Waals surface area contributed by atoms with Crippen molar-refractivity contribution in [3.8, 4) is 0 Å². The summed E-state index contributed by atoms with van der Waals surface area (Å²) in [7, 11) is 1.75. The minimum absolute atomic E-state index is 0.0182. The van der Waals surface area contributed by atoms with E-state index >= 15 is 0 Å². The standard InChI is InChI=1S/C18H26N2O4/c1-22-16-9-15(10-16)19-11-17-12-20(7-8-23-17)18(21)24-13-14-5-3-2-4-6-14/h2-6,15-17,19H,7-13H2,1H3. The van der Waals surface area contributed by atoms with Crippen LogP contribution in [0.1, 0.15) is 18.4 Å². The number of benzene rings is 1. The summed E-state index contributed by atoms with van der Waals surface area (Å²) in [5.41, 5.74) is 0.995. The highest BCUT2D eigenvalue weighted by Gasteiger charge is 2.30. The van der Waals surface area contributed by atoms with Crippen LogP contribution in [-0.2, 0) is 20.8 Å². The van der Waals surface area contributed by atoms with Crippen LogP contribution >= 0.6 is 0 Å². The third kappa shape index (κ3) is 4.69. The van der Waals surface area contributed by atoms with Crippen molar-refractivity contribution in [3.63, 3.8) is 0 Å². The lowest BCUT2D eigenvalue weighted by Gasteiger charge is -2.37. The first-order valence-corrected chi connectivity index (χ1v) is 8.58. The molecule has 1 amide bonds.